The average Bonchev–Trinajstić information content (AvgIpc) is 2.54. The van der Waals surface area contributed by atoms with E-state index in [2.05, 4.69) is 9.71 Å². The number of pyridine rings is 1. The zero-order chi connectivity index (χ0) is 17.0. The fourth-order valence-corrected chi connectivity index (χ4v) is 3.32. The molecule has 1 aromatic carbocycles. The number of hydrogen-bond donors (Lipinski definition) is 1. The maximum absolute atomic E-state index is 14.1. The molecule has 0 aliphatic rings. The number of nitrogens with one attached hydrogen (secondary N) is 1. The van der Waals surface area contributed by atoms with Gasteiger partial charge in [0.2, 0.25) is 10.0 Å². The smallest absolute Gasteiger partial charge is 0.244 e. The zero-order valence-corrected chi connectivity index (χ0v) is 13.7. The van der Waals surface area contributed by atoms with E-state index in [1.807, 2.05) is 0 Å². The van der Waals surface area contributed by atoms with Crippen molar-refractivity contribution in [3.63, 3.8) is 0 Å². The van der Waals surface area contributed by atoms with Crippen LogP contribution in [0.1, 0.15) is 18.7 Å². The highest BCUT2D eigenvalue weighted by Crippen LogP contribution is 2.32. The molecule has 1 aromatic heterocycles. The highest BCUT2D eigenvalue weighted by Gasteiger charge is 2.25. The van der Waals surface area contributed by atoms with Crippen molar-refractivity contribution < 1.29 is 22.3 Å². The lowest BCUT2D eigenvalue weighted by atomic mass is 10.2. The van der Waals surface area contributed by atoms with Gasteiger partial charge in [-0.25, -0.2) is 17.5 Å². The first-order valence-electron chi connectivity index (χ1n) is 6.74. The molecule has 0 unspecified atom stereocenters. The van der Waals surface area contributed by atoms with Crippen molar-refractivity contribution in [3.05, 3.63) is 48.0 Å². The van der Waals surface area contributed by atoms with Crippen LogP contribution in [0.2, 0.25) is 0 Å². The Balaban J connectivity index is 2.36. The van der Waals surface area contributed by atoms with E-state index in [1.165, 1.54) is 14.2 Å². The van der Waals surface area contributed by atoms with Crippen LogP contribution in [0.5, 0.6) is 11.5 Å². The number of aromatic nitrogens is 1. The van der Waals surface area contributed by atoms with Gasteiger partial charge >= 0.3 is 0 Å². The topological polar surface area (TPSA) is 77.5 Å². The van der Waals surface area contributed by atoms with Crippen molar-refractivity contribution in [1.82, 2.24) is 9.71 Å². The summed E-state index contributed by atoms with van der Waals surface area (Å²) in [7, 11) is -1.41. The Hall–Kier alpha value is -2.19. The number of nitrogens with zero attached hydrogens (tertiary/aromatic N) is 1. The lowest BCUT2D eigenvalue weighted by Crippen LogP contribution is -2.28. The summed E-state index contributed by atoms with van der Waals surface area (Å²) in [6.07, 6.45) is 1.55. The molecule has 0 aliphatic heterocycles. The number of ether oxygens (including phenoxy) is 2. The van der Waals surface area contributed by atoms with E-state index in [4.69, 9.17) is 9.47 Å². The molecule has 23 heavy (non-hydrogen) atoms. The van der Waals surface area contributed by atoms with Crippen LogP contribution < -0.4 is 14.2 Å². The number of rotatable bonds is 6. The second-order valence-corrected chi connectivity index (χ2v) is 6.42. The minimum atomic E-state index is -4.10. The van der Waals surface area contributed by atoms with Crippen molar-refractivity contribution in [1.29, 1.82) is 0 Å². The Morgan fingerprint density at radius 1 is 1.17 bits per heavy atom. The lowest BCUT2D eigenvalue weighted by molar-refractivity contribution is 0.350. The molecular formula is C15H17FN2O4S. The van der Waals surface area contributed by atoms with E-state index in [0.29, 0.717) is 5.69 Å². The van der Waals surface area contributed by atoms with Crippen molar-refractivity contribution in [2.75, 3.05) is 14.2 Å². The molecule has 8 heteroatoms. The van der Waals surface area contributed by atoms with E-state index >= 15 is 0 Å². The number of halogens is 1. The average molecular weight is 340 g/mol. The van der Waals surface area contributed by atoms with Crippen LogP contribution in [0.25, 0.3) is 0 Å². The maximum atomic E-state index is 14.1. The van der Waals surface area contributed by atoms with Gasteiger partial charge in [0, 0.05) is 18.3 Å². The summed E-state index contributed by atoms with van der Waals surface area (Å²) in [4.78, 5) is 3.56. The predicted molar refractivity (Wildman–Crippen MR) is 82.5 cm³/mol. The number of methoxy groups -OCH3 is 2. The molecule has 0 spiro atoms. The SMILES string of the molecule is COc1cc(F)c(S(=O)(=O)N[C@@H](C)c2ccccn2)cc1OC. The summed E-state index contributed by atoms with van der Waals surface area (Å²) in [5.41, 5.74) is 0.525. The number of benzene rings is 1. The van der Waals surface area contributed by atoms with Crippen LogP contribution >= 0.6 is 0 Å². The quantitative estimate of drug-likeness (QED) is 0.873. The van der Waals surface area contributed by atoms with Crippen LogP contribution in [-0.4, -0.2) is 27.6 Å². The molecule has 0 amide bonds. The first-order chi connectivity index (χ1) is 10.9. The Kier molecular flexibility index (Phi) is 5.17. The third-order valence-electron chi connectivity index (χ3n) is 3.19. The second kappa shape index (κ2) is 6.93. The molecule has 6 nitrogen and oxygen atoms in total. The van der Waals surface area contributed by atoms with Gasteiger partial charge in [-0.2, -0.15) is 0 Å². The summed E-state index contributed by atoms with van der Waals surface area (Å²) in [5, 5.41) is 0. The van der Waals surface area contributed by atoms with Crippen molar-refractivity contribution in [2.24, 2.45) is 0 Å². The van der Waals surface area contributed by atoms with E-state index in [0.717, 1.165) is 12.1 Å². The van der Waals surface area contributed by atoms with Gasteiger partial charge in [0.1, 0.15) is 10.7 Å². The molecular weight excluding hydrogens is 323 g/mol. The van der Waals surface area contributed by atoms with E-state index in [-0.39, 0.29) is 11.5 Å². The highest BCUT2D eigenvalue weighted by molar-refractivity contribution is 7.89. The molecule has 0 fully saturated rings. The summed E-state index contributed by atoms with van der Waals surface area (Å²) >= 11 is 0. The molecule has 0 radical (unpaired) electrons. The summed E-state index contributed by atoms with van der Waals surface area (Å²) < 4.78 is 51.3. The molecule has 2 rings (SSSR count). The van der Waals surface area contributed by atoms with Gasteiger partial charge in [0.05, 0.1) is 26.0 Å². The number of hydrogen-bond acceptors (Lipinski definition) is 5. The minimum absolute atomic E-state index is 0.113. The molecule has 0 aliphatic carbocycles. The van der Waals surface area contributed by atoms with Gasteiger partial charge in [0.15, 0.2) is 11.5 Å². The van der Waals surface area contributed by atoms with Gasteiger partial charge in [-0.1, -0.05) is 6.07 Å². The lowest BCUT2D eigenvalue weighted by Gasteiger charge is -2.15. The van der Waals surface area contributed by atoms with E-state index < -0.39 is 26.8 Å². The first-order valence-corrected chi connectivity index (χ1v) is 8.22. The Morgan fingerprint density at radius 3 is 2.39 bits per heavy atom. The Bertz CT molecular complexity index is 782. The first kappa shape index (κ1) is 17.2. The molecule has 1 heterocycles. The van der Waals surface area contributed by atoms with Crippen LogP contribution in [0, 0.1) is 5.82 Å². The van der Waals surface area contributed by atoms with Crippen LogP contribution in [-0.2, 0) is 10.0 Å². The van der Waals surface area contributed by atoms with Gasteiger partial charge in [-0.15, -0.1) is 0 Å². The van der Waals surface area contributed by atoms with E-state index in [9.17, 15) is 12.8 Å². The molecule has 124 valence electrons. The molecule has 1 N–H and O–H groups in total. The molecule has 0 bridgehead atoms. The maximum Gasteiger partial charge on any atom is 0.244 e. The summed E-state index contributed by atoms with van der Waals surface area (Å²) in [6.45, 7) is 1.62. The zero-order valence-electron chi connectivity index (χ0n) is 12.9. The van der Waals surface area contributed by atoms with Crippen molar-refractivity contribution in [2.45, 2.75) is 17.9 Å². The highest BCUT2D eigenvalue weighted by atomic mass is 32.2. The fraction of sp³-hybridized carbons (Fsp3) is 0.267. The van der Waals surface area contributed by atoms with Crippen LogP contribution in [0.4, 0.5) is 4.39 Å². The Morgan fingerprint density at radius 2 is 1.83 bits per heavy atom. The standard InChI is InChI=1S/C15H17FN2O4S/c1-10(12-6-4-5-7-17-12)18-23(19,20)15-9-14(22-3)13(21-2)8-11(15)16/h4-10,18H,1-3H3/t10-/m0/s1. The van der Waals surface area contributed by atoms with Crippen LogP contribution in [0.15, 0.2) is 41.4 Å². The van der Waals surface area contributed by atoms with Gasteiger partial charge in [0.25, 0.3) is 0 Å². The molecule has 2 aromatic rings. The van der Waals surface area contributed by atoms with Gasteiger partial charge < -0.3 is 9.47 Å². The second-order valence-electron chi connectivity index (χ2n) is 4.74. The largest absolute Gasteiger partial charge is 0.493 e. The van der Waals surface area contributed by atoms with E-state index in [1.54, 1.807) is 31.3 Å². The number of sulfonamides is 1. The third kappa shape index (κ3) is 3.77. The fourth-order valence-electron chi connectivity index (χ4n) is 2.03. The Labute approximate surface area is 134 Å². The van der Waals surface area contributed by atoms with Gasteiger partial charge in [-0.05, 0) is 19.1 Å². The van der Waals surface area contributed by atoms with Crippen molar-refractivity contribution in [3.8, 4) is 11.5 Å². The van der Waals surface area contributed by atoms with Crippen LogP contribution in [0.3, 0.4) is 0 Å². The normalized spacial score (nSPS) is 12.7. The third-order valence-corrected chi connectivity index (χ3v) is 4.75. The molecule has 0 saturated carbocycles. The monoisotopic (exact) mass is 340 g/mol. The minimum Gasteiger partial charge on any atom is -0.493 e. The van der Waals surface area contributed by atoms with Crippen molar-refractivity contribution >= 4 is 10.0 Å². The predicted octanol–water partition coefficient (Wildman–Crippen LogP) is 2.28. The molecule has 1 atom stereocenters. The molecule has 0 saturated heterocycles. The van der Waals surface area contributed by atoms with Gasteiger partial charge in [-0.3, -0.25) is 4.98 Å². The summed E-state index contributed by atoms with van der Waals surface area (Å²) in [6, 6.07) is 6.58. The summed E-state index contributed by atoms with van der Waals surface area (Å²) in [5.74, 6) is -0.690.